The van der Waals surface area contributed by atoms with E-state index >= 15 is 0 Å². The molecule has 0 bridgehead atoms. The first-order valence-electron chi connectivity index (χ1n) is 8.43. The number of aromatic nitrogens is 2. The van der Waals surface area contributed by atoms with Crippen molar-refractivity contribution in [1.29, 1.82) is 0 Å². The lowest BCUT2D eigenvalue weighted by Crippen LogP contribution is -2.47. The van der Waals surface area contributed by atoms with E-state index in [1.54, 1.807) is 17.5 Å². The molecule has 2 aromatic heterocycles. The van der Waals surface area contributed by atoms with Gasteiger partial charge in [-0.1, -0.05) is 6.07 Å². The van der Waals surface area contributed by atoms with E-state index in [0.717, 1.165) is 48.1 Å². The van der Waals surface area contributed by atoms with Gasteiger partial charge in [0.15, 0.2) is 0 Å². The fourth-order valence-electron chi connectivity index (χ4n) is 3.23. The molecule has 0 aliphatic carbocycles. The second-order valence-corrected chi connectivity index (χ2v) is 7.82. The summed E-state index contributed by atoms with van der Waals surface area (Å²) in [4.78, 5) is 24.5. The molecule has 0 radical (unpaired) electrons. The molecule has 128 valence electrons. The topological polar surface area (TPSA) is 58.1 Å². The molecule has 1 fully saturated rings. The summed E-state index contributed by atoms with van der Waals surface area (Å²) in [7, 11) is 0. The molecule has 1 aliphatic rings. The highest BCUT2D eigenvalue weighted by molar-refractivity contribution is 7.11. The van der Waals surface area contributed by atoms with Crippen LogP contribution in [0.5, 0.6) is 0 Å². The zero-order chi connectivity index (χ0) is 16.9. The highest BCUT2D eigenvalue weighted by atomic mass is 32.1. The van der Waals surface area contributed by atoms with E-state index in [9.17, 15) is 4.79 Å². The number of likely N-dealkylation sites (tertiary alicyclic amines) is 1. The molecular formula is C18H24N4OS. The summed E-state index contributed by atoms with van der Waals surface area (Å²) in [6.07, 6.45) is 6.25. The van der Waals surface area contributed by atoms with Crippen LogP contribution in [-0.4, -0.2) is 39.9 Å². The zero-order valence-corrected chi connectivity index (χ0v) is 15.1. The average molecular weight is 344 g/mol. The van der Waals surface area contributed by atoms with E-state index in [0.29, 0.717) is 6.42 Å². The number of amides is 1. The number of hydrogen-bond donors (Lipinski definition) is 1. The molecule has 1 N–H and O–H groups in total. The van der Waals surface area contributed by atoms with Gasteiger partial charge in [0.05, 0.1) is 17.1 Å². The van der Waals surface area contributed by atoms with Gasteiger partial charge in [0.25, 0.3) is 0 Å². The SMILES string of the molecule is Cc1nc(CC(=O)N[C@H]2CCCN(Cc3cccnc3)C2)c(C)s1. The third-order valence-electron chi connectivity index (χ3n) is 4.33. The minimum absolute atomic E-state index is 0.0802. The van der Waals surface area contributed by atoms with Crippen LogP contribution in [0.3, 0.4) is 0 Å². The van der Waals surface area contributed by atoms with Crippen LogP contribution in [0.4, 0.5) is 0 Å². The lowest BCUT2D eigenvalue weighted by Gasteiger charge is -2.33. The summed E-state index contributed by atoms with van der Waals surface area (Å²) in [6, 6.07) is 4.29. The molecule has 3 rings (SSSR count). The van der Waals surface area contributed by atoms with Crippen molar-refractivity contribution in [2.24, 2.45) is 0 Å². The van der Waals surface area contributed by atoms with Crippen molar-refractivity contribution in [3.05, 3.63) is 45.7 Å². The Kier molecular flexibility index (Phi) is 5.58. The molecule has 0 spiro atoms. The second-order valence-electron chi connectivity index (χ2n) is 6.42. The molecule has 0 unspecified atom stereocenters. The highest BCUT2D eigenvalue weighted by Gasteiger charge is 2.22. The van der Waals surface area contributed by atoms with Gasteiger partial charge in [-0.3, -0.25) is 14.7 Å². The predicted molar refractivity (Wildman–Crippen MR) is 96.0 cm³/mol. The van der Waals surface area contributed by atoms with Crippen LogP contribution < -0.4 is 5.32 Å². The number of carbonyl (C=O) groups is 1. The van der Waals surface area contributed by atoms with E-state index in [-0.39, 0.29) is 11.9 Å². The third-order valence-corrected chi connectivity index (χ3v) is 5.26. The summed E-state index contributed by atoms with van der Waals surface area (Å²) in [6.45, 7) is 6.88. The van der Waals surface area contributed by atoms with Crippen LogP contribution in [0.25, 0.3) is 0 Å². The molecule has 2 aromatic rings. The Labute approximate surface area is 147 Å². The quantitative estimate of drug-likeness (QED) is 0.905. The molecule has 1 amide bonds. The number of rotatable bonds is 5. The van der Waals surface area contributed by atoms with Crippen molar-refractivity contribution in [1.82, 2.24) is 20.2 Å². The number of aryl methyl sites for hydroxylation is 2. The minimum Gasteiger partial charge on any atom is -0.352 e. The highest BCUT2D eigenvalue weighted by Crippen LogP contribution is 2.17. The van der Waals surface area contributed by atoms with Crippen molar-refractivity contribution >= 4 is 17.2 Å². The molecule has 3 heterocycles. The molecule has 24 heavy (non-hydrogen) atoms. The number of hydrogen-bond acceptors (Lipinski definition) is 5. The summed E-state index contributed by atoms with van der Waals surface area (Å²) < 4.78 is 0. The Bertz CT molecular complexity index is 686. The normalized spacial score (nSPS) is 18.5. The largest absolute Gasteiger partial charge is 0.352 e. The Hall–Kier alpha value is -1.79. The fraction of sp³-hybridized carbons (Fsp3) is 0.500. The standard InChI is InChI=1S/C18H24N4OS/c1-13-17(20-14(2)24-13)9-18(23)21-16-6-4-8-22(12-16)11-15-5-3-7-19-10-15/h3,5,7,10,16H,4,6,8-9,11-12H2,1-2H3,(H,21,23)/t16-/m0/s1. The van der Waals surface area contributed by atoms with Crippen LogP contribution in [0, 0.1) is 13.8 Å². The summed E-state index contributed by atoms with van der Waals surface area (Å²) in [5, 5.41) is 4.21. The van der Waals surface area contributed by atoms with Gasteiger partial charge < -0.3 is 5.32 Å². The maximum atomic E-state index is 12.3. The maximum Gasteiger partial charge on any atom is 0.226 e. The number of pyridine rings is 1. The molecule has 0 saturated carbocycles. The lowest BCUT2D eigenvalue weighted by atomic mass is 10.0. The van der Waals surface area contributed by atoms with E-state index in [1.165, 1.54) is 5.56 Å². The predicted octanol–water partition coefficient (Wildman–Crippen LogP) is 2.48. The van der Waals surface area contributed by atoms with Gasteiger partial charge >= 0.3 is 0 Å². The molecule has 5 nitrogen and oxygen atoms in total. The van der Waals surface area contributed by atoms with Crippen molar-refractivity contribution in [3.8, 4) is 0 Å². The average Bonchev–Trinajstić information content (AvgIpc) is 2.86. The fourth-order valence-corrected chi connectivity index (χ4v) is 4.07. The first-order chi connectivity index (χ1) is 11.6. The van der Waals surface area contributed by atoms with Gasteiger partial charge in [-0.15, -0.1) is 11.3 Å². The number of carbonyl (C=O) groups excluding carboxylic acids is 1. The Morgan fingerprint density at radius 2 is 2.33 bits per heavy atom. The van der Waals surface area contributed by atoms with Gasteiger partial charge in [-0.2, -0.15) is 0 Å². The van der Waals surface area contributed by atoms with Gasteiger partial charge in [0.1, 0.15) is 0 Å². The number of piperidine rings is 1. The van der Waals surface area contributed by atoms with E-state index in [4.69, 9.17) is 0 Å². The maximum absolute atomic E-state index is 12.3. The molecule has 0 aromatic carbocycles. The number of nitrogens with one attached hydrogen (secondary N) is 1. The first kappa shape index (κ1) is 17.0. The summed E-state index contributed by atoms with van der Waals surface area (Å²) in [5.74, 6) is 0.0802. The Morgan fingerprint density at radius 1 is 1.46 bits per heavy atom. The van der Waals surface area contributed by atoms with Crippen LogP contribution in [-0.2, 0) is 17.8 Å². The van der Waals surface area contributed by atoms with Crippen molar-refractivity contribution < 1.29 is 4.79 Å². The van der Waals surface area contributed by atoms with Crippen LogP contribution in [0.2, 0.25) is 0 Å². The van der Waals surface area contributed by atoms with E-state index in [2.05, 4.69) is 26.3 Å². The summed E-state index contributed by atoms with van der Waals surface area (Å²) in [5.41, 5.74) is 2.14. The van der Waals surface area contributed by atoms with Crippen LogP contribution in [0.1, 0.15) is 34.0 Å². The number of thiazole rings is 1. The molecular weight excluding hydrogens is 320 g/mol. The Balaban J connectivity index is 1.51. The monoisotopic (exact) mass is 344 g/mol. The van der Waals surface area contributed by atoms with Crippen molar-refractivity contribution in [3.63, 3.8) is 0 Å². The second kappa shape index (κ2) is 7.85. The van der Waals surface area contributed by atoms with E-state index in [1.807, 2.05) is 26.1 Å². The van der Waals surface area contributed by atoms with Crippen molar-refractivity contribution in [2.45, 2.75) is 45.7 Å². The Morgan fingerprint density at radius 3 is 3.04 bits per heavy atom. The lowest BCUT2D eigenvalue weighted by molar-refractivity contribution is -0.121. The summed E-state index contributed by atoms with van der Waals surface area (Å²) >= 11 is 1.65. The number of nitrogens with zero attached hydrogens (tertiary/aromatic N) is 3. The smallest absolute Gasteiger partial charge is 0.226 e. The molecule has 1 saturated heterocycles. The molecule has 1 aliphatic heterocycles. The van der Waals surface area contributed by atoms with Crippen molar-refractivity contribution in [2.75, 3.05) is 13.1 Å². The van der Waals surface area contributed by atoms with Gasteiger partial charge in [0.2, 0.25) is 5.91 Å². The molecule has 6 heteroatoms. The van der Waals surface area contributed by atoms with Gasteiger partial charge in [0, 0.05) is 36.4 Å². The van der Waals surface area contributed by atoms with Gasteiger partial charge in [-0.05, 0) is 44.9 Å². The van der Waals surface area contributed by atoms with E-state index < -0.39 is 0 Å². The zero-order valence-electron chi connectivity index (χ0n) is 14.3. The first-order valence-corrected chi connectivity index (χ1v) is 9.25. The van der Waals surface area contributed by atoms with Gasteiger partial charge in [-0.25, -0.2) is 4.98 Å². The molecule has 1 atom stereocenters. The minimum atomic E-state index is 0.0802. The van der Waals surface area contributed by atoms with Crippen LogP contribution in [0.15, 0.2) is 24.5 Å². The third kappa shape index (κ3) is 4.61. The van der Waals surface area contributed by atoms with Crippen LogP contribution >= 0.6 is 11.3 Å².